The van der Waals surface area contributed by atoms with Crippen LogP contribution in [0.4, 0.5) is 4.79 Å². The van der Waals surface area contributed by atoms with Crippen LogP contribution >= 0.6 is 22.7 Å². The third kappa shape index (κ3) is 4.00. The monoisotopic (exact) mass is 507 g/mol. The van der Waals surface area contributed by atoms with Gasteiger partial charge in [-0.3, -0.25) is 9.20 Å². The number of benzene rings is 1. The maximum absolute atomic E-state index is 13.7. The molecule has 4 aromatic rings. The SMILES string of the molecule is Cc1cccc(-c2sc(C)nc2C(=O)N2C[C@@H]3C[C@@H]3[C@H]2CNC(=O)Oc2cnc3scc(C)n23)c1. The first-order valence-corrected chi connectivity index (χ1v) is 13.3. The third-order valence-corrected chi connectivity index (χ3v) is 8.80. The van der Waals surface area contributed by atoms with Crippen molar-refractivity contribution in [2.75, 3.05) is 13.1 Å². The smallest absolute Gasteiger partial charge is 0.391 e. The van der Waals surface area contributed by atoms with Crippen LogP contribution in [0, 0.1) is 32.6 Å². The first kappa shape index (κ1) is 22.2. The van der Waals surface area contributed by atoms with Crippen molar-refractivity contribution in [3.8, 4) is 16.3 Å². The largest absolute Gasteiger partial charge is 0.414 e. The standard InChI is InChI=1S/C25H25N5O3S2/c1-13-5-4-6-16(7-13)22-21(28-15(3)35-22)23(31)29-11-17-8-18(17)19(29)9-27-25(32)33-20-10-26-24-30(20)14(2)12-34-24/h4-7,10,12,17-19H,8-9,11H2,1-3H3,(H,27,32)/t17-,18-,19+/m0/s1. The van der Waals surface area contributed by atoms with Crippen molar-refractivity contribution >= 4 is 39.6 Å². The van der Waals surface area contributed by atoms with E-state index in [4.69, 9.17) is 4.74 Å². The zero-order valence-electron chi connectivity index (χ0n) is 19.6. The molecule has 1 saturated heterocycles. The molecule has 180 valence electrons. The summed E-state index contributed by atoms with van der Waals surface area (Å²) in [5.74, 6) is 1.22. The highest BCUT2D eigenvalue weighted by Crippen LogP contribution is 2.50. The van der Waals surface area contributed by atoms with E-state index in [2.05, 4.69) is 21.4 Å². The molecule has 3 aromatic heterocycles. The Kier molecular flexibility index (Phi) is 5.37. The van der Waals surface area contributed by atoms with Crippen molar-refractivity contribution in [3.05, 3.63) is 57.8 Å². The Morgan fingerprint density at radius 3 is 2.94 bits per heavy atom. The summed E-state index contributed by atoms with van der Waals surface area (Å²) < 4.78 is 7.34. The van der Waals surface area contributed by atoms with Gasteiger partial charge >= 0.3 is 6.09 Å². The zero-order valence-corrected chi connectivity index (χ0v) is 21.3. The molecule has 0 radical (unpaired) electrons. The molecular formula is C25H25N5O3S2. The molecule has 0 bridgehead atoms. The number of rotatable bonds is 5. The number of nitrogens with zero attached hydrogens (tertiary/aromatic N) is 4. The molecule has 10 heteroatoms. The van der Waals surface area contributed by atoms with Crippen LogP contribution in [0.1, 0.15) is 33.2 Å². The summed E-state index contributed by atoms with van der Waals surface area (Å²) in [5, 5.41) is 5.71. The Hall–Kier alpha value is -3.24. The first-order chi connectivity index (χ1) is 16.9. The lowest BCUT2D eigenvalue weighted by molar-refractivity contribution is 0.0700. The van der Waals surface area contributed by atoms with Crippen LogP contribution in [0.3, 0.4) is 0 Å². The van der Waals surface area contributed by atoms with Gasteiger partial charge in [-0.15, -0.1) is 22.7 Å². The van der Waals surface area contributed by atoms with Crippen molar-refractivity contribution in [2.24, 2.45) is 11.8 Å². The number of hydrogen-bond donors (Lipinski definition) is 1. The number of carbonyl (C=O) groups excluding carboxylic acids is 2. The van der Waals surface area contributed by atoms with Gasteiger partial charge in [0, 0.05) is 24.2 Å². The minimum atomic E-state index is -0.543. The van der Waals surface area contributed by atoms with Crippen LogP contribution in [-0.4, -0.2) is 50.4 Å². The quantitative estimate of drug-likeness (QED) is 0.423. The van der Waals surface area contributed by atoms with Crippen molar-refractivity contribution < 1.29 is 14.3 Å². The average Bonchev–Trinajstić information content (AvgIpc) is 3.17. The van der Waals surface area contributed by atoms with Gasteiger partial charge in [0.2, 0.25) is 5.88 Å². The van der Waals surface area contributed by atoms with E-state index in [-0.39, 0.29) is 11.9 Å². The highest BCUT2D eigenvalue weighted by molar-refractivity contribution is 7.15. The number of nitrogens with one attached hydrogen (secondary N) is 1. The molecule has 1 aliphatic heterocycles. The number of aryl methyl sites for hydroxylation is 3. The van der Waals surface area contributed by atoms with Crippen molar-refractivity contribution in [1.82, 2.24) is 24.6 Å². The van der Waals surface area contributed by atoms with Crippen molar-refractivity contribution in [3.63, 3.8) is 0 Å². The number of piperidine rings is 1. The molecule has 1 saturated carbocycles. The van der Waals surface area contributed by atoms with Crippen LogP contribution in [0.2, 0.25) is 0 Å². The first-order valence-electron chi connectivity index (χ1n) is 11.6. The minimum Gasteiger partial charge on any atom is -0.391 e. The number of imidazole rings is 1. The molecule has 2 fully saturated rings. The van der Waals surface area contributed by atoms with E-state index in [9.17, 15) is 9.59 Å². The number of fused-ring (bicyclic) bond motifs is 2. The number of likely N-dealkylation sites (tertiary alicyclic amines) is 1. The van der Waals surface area contributed by atoms with Gasteiger partial charge in [0.1, 0.15) is 5.69 Å². The molecule has 0 spiro atoms. The molecule has 8 nitrogen and oxygen atoms in total. The van der Waals surface area contributed by atoms with E-state index in [1.807, 2.05) is 53.7 Å². The van der Waals surface area contributed by atoms with Crippen molar-refractivity contribution in [2.45, 2.75) is 33.2 Å². The summed E-state index contributed by atoms with van der Waals surface area (Å²) in [6, 6.07) is 8.09. The summed E-state index contributed by atoms with van der Waals surface area (Å²) in [4.78, 5) is 38.8. The number of thiazole rings is 2. The van der Waals surface area contributed by atoms with Gasteiger partial charge in [-0.25, -0.2) is 14.8 Å². The Morgan fingerprint density at radius 1 is 1.26 bits per heavy atom. The summed E-state index contributed by atoms with van der Waals surface area (Å²) in [5.41, 5.74) is 3.61. The van der Waals surface area contributed by atoms with Crippen LogP contribution in [0.15, 0.2) is 35.8 Å². The predicted octanol–water partition coefficient (Wildman–Crippen LogP) is 4.69. The fourth-order valence-corrected chi connectivity index (χ4v) is 6.81. The van der Waals surface area contributed by atoms with Gasteiger partial charge in [-0.05, 0) is 44.6 Å². The highest BCUT2D eigenvalue weighted by Gasteiger charge is 2.54. The van der Waals surface area contributed by atoms with Crippen molar-refractivity contribution in [1.29, 1.82) is 0 Å². The zero-order chi connectivity index (χ0) is 24.3. The lowest BCUT2D eigenvalue weighted by atomic mass is 10.1. The molecule has 2 aliphatic rings. The van der Waals surface area contributed by atoms with Gasteiger partial charge in [0.25, 0.3) is 5.91 Å². The number of carbonyl (C=O) groups is 2. The fraction of sp³-hybridized carbons (Fsp3) is 0.360. The molecular weight excluding hydrogens is 482 g/mol. The Balaban J connectivity index is 1.18. The van der Waals surface area contributed by atoms with E-state index in [1.54, 1.807) is 17.5 Å². The molecule has 4 heterocycles. The Bertz CT molecular complexity index is 1450. The molecule has 1 aromatic carbocycles. The van der Waals surface area contributed by atoms with E-state index in [1.165, 1.54) is 11.3 Å². The Morgan fingerprint density at radius 2 is 2.11 bits per heavy atom. The fourth-order valence-electron chi connectivity index (χ4n) is 5.07. The average molecular weight is 508 g/mol. The van der Waals surface area contributed by atoms with Gasteiger partial charge in [-0.1, -0.05) is 29.8 Å². The number of hydrogen-bond acceptors (Lipinski definition) is 7. The summed E-state index contributed by atoms with van der Waals surface area (Å²) in [6.45, 7) is 6.96. The van der Waals surface area contributed by atoms with Gasteiger partial charge in [0.15, 0.2) is 4.96 Å². The van der Waals surface area contributed by atoms with Gasteiger partial charge < -0.3 is 15.0 Å². The van der Waals surface area contributed by atoms with E-state index >= 15 is 0 Å². The van der Waals surface area contributed by atoms with Gasteiger partial charge in [0.05, 0.1) is 22.1 Å². The second-order valence-corrected chi connectivity index (χ2v) is 11.4. The van der Waals surface area contributed by atoms with E-state index < -0.39 is 6.09 Å². The summed E-state index contributed by atoms with van der Waals surface area (Å²) >= 11 is 3.04. The molecule has 3 atom stereocenters. The normalized spacial score (nSPS) is 20.8. The summed E-state index contributed by atoms with van der Waals surface area (Å²) in [6.07, 6.45) is 2.10. The molecule has 1 N–H and O–H groups in total. The molecule has 0 unspecified atom stereocenters. The van der Waals surface area contributed by atoms with Crippen LogP contribution in [-0.2, 0) is 0 Å². The molecule has 1 aliphatic carbocycles. The number of aromatic nitrogens is 3. The molecule has 35 heavy (non-hydrogen) atoms. The minimum absolute atomic E-state index is 0.0652. The second-order valence-electron chi connectivity index (χ2n) is 9.33. The lowest BCUT2D eigenvalue weighted by Crippen LogP contribution is -2.46. The second kappa shape index (κ2) is 8.46. The van der Waals surface area contributed by atoms with E-state index in [0.717, 1.165) is 38.1 Å². The highest BCUT2D eigenvalue weighted by atomic mass is 32.1. The topological polar surface area (TPSA) is 88.8 Å². The van der Waals surface area contributed by atoms with Crippen LogP contribution < -0.4 is 10.1 Å². The maximum atomic E-state index is 13.7. The number of amides is 2. The lowest BCUT2D eigenvalue weighted by Gasteiger charge is -2.27. The summed E-state index contributed by atoms with van der Waals surface area (Å²) in [7, 11) is 0. The molecule has 2 amide bonds. The van der Waals surface area contributed by atoms with Crippen LogP contribution in [0.25, 0.3) is 15.4 Å². The van der Waals surface area contributed by atoms with Gasteiger partial charge in [-0.2, -0.15) is 0 Å². The molecule has 6 rings (SSSR count). The van der Waals surface area contributed by atoms with Crippen LogP contribution in [0.5, 0.6) is 5.88 Å². The predicted molar refractivity (Wildman–Crippen MR) is 135 cm³/mol. The number of ether oxygens (including phenoxy) is 1. The maximum Gasteiger partial charge on any atom is 0.414 e. The Labute approximate surface area is 210 Å². The third-order valence-electron chi connectivity index (χ3n) is 6.82. The van der Waals surface area contributed by atoms with E-state index in [0.29, 0.717) is 36.5 Å².